The van der Waals surface area contributed by atoms with E-state index in [2.05, 4.69) is 10.3 Å². The molecule has 242 valence electrons. The van der Waals surface area contributed by atoms with Crippen molar-refractivity contribution in [1.29, 1.82) is 0 Å². The predicted octanol–water partition coefficient (Wildman–Crippen LogP) is 8.63. The van der Waals surface area contributed by atoms with Crippen molar-refractivity contribution in [2.24, 2.45) is 5.41 Å². The van der Waals surface area contributed by atoms with Crippen molar-refractivity contribution < 1.29 is 32.2 Å². The standard InChI is InChI=1S/C37H34F3N3O4/c1-23-15-16-24(2)31(21-23)46-20-10-19-35(3,4)34(45)47-26-17-18-27-28(22-26)32(44)36(37(38,39)40,42-25-11-6-5-7-12-25)43-30-14-9-8-13-29(30)41-33(27)43/h5-9,11-18,21-22,42H,10,19-20H2,1-4H3. The van der Waals surface area contributed by atoms with Crippen molar-refractivity contribution in [2.75, 3.05) is 11.9 Å². The Hall–Kier alpha value is -5.12. The van der Waals surface area contributed by atoms with Crippen LogP contribution in [0.1, 0.15) is 48.2 Å². The number of carbonyl (C=O) groups excluding carboxylic acids is 2. The molecule has 1 aromatic heterocycles. The number of hydrogen-bond acceptors (Lipinski definition) is 6. The Morgan fingerprint density at radius 2 is 1.64 bits per heavy atom. The van der Waals surface area contributed by atoms with E-state index in [-0.39, 0.29) is 33.9 Å². The van der Waals surface area contributed by atoms with Gasteiger partial charge in [0.2, 0.25) is 5.78 Å². The number of ether oxygens (including phenoxy) is 2. The minimum Gasteiger partial charge on any atom is -0.493 e. The summed E-state index contributed by atoms with van der Waals surface area (Å²) in [5, 5.41) is 2.52. The van der Waals surface area contributed by atoms with Crippen LogP contribution in [-0.4, -0.2) is 34.1 Å². The zero-order valence-corrected chi connectivity index (χ0v) is 26.4. The van der Waals surface area contributed by atoms with Gasteiger partial charge >= 0.3 is 12.1 Å². The number of nitrogens with one attached hydrogen (secondary N) is 1. The smallest absolute Gasteiger partial charge is 0.438 e. The first-order valence-electron chi connectivity index (χ1n) is 15.3. The molecule has 7 nitrogen and oxygen atoms in total. The first kappa shape index (κ1) is 31.8. The summed E-state index contributed by atoms with van der Waals surface area (Å²) in [6, 6.07) is 24.2. The van der Waals surface area contributed by atoms with Crippen LogP contribution >= 0.6 is 0 Å². The third-order valence-electron chi connectivity index (χ3n) is 8.52. The van der Waals surface area contributed by atoms with Gasteiger partial charge < -0.3 is 14.8 Å². The van der Waals surface area contributed by atoms with Gasteiger partial charge in [-0.3, -0.25) is 14.2 Å². The summed E-state index contributed by atoms with van der Waals surface area (Å²) < 4.78 is 58.9. The van der Waals surface area contributed by atoms with E-state index < -0.39 is 29.0 Å². The van der Waals surface area contributed by atoms with Gasteiger partial charge in [0, 0.05) is 16.8 Å². The van der Waals surface area contributed by atoms with Gasteiger partial charge in [-0.1, -0.05) is 42.5 Å². The molecule has 1 aliphatic rings. The normalized spacial score (nSPS) is 16.0. The van der Waals surface area contributed by atoms with E-state index in [1.165, 1.54) is 36.4 Å². The number of ketones is 1. The van der Waals surface area contributed by atoms with E-state index >= 15 is 13.2 Å². The molecule has 0 aliphatic carbocycles. The Morgan fingerprint density at radius 1 is 0.915 bits per heavy atom. The molecule has 1 N–H and O–H groups in total. The largest absolute Gasteiger partial charge is 0.493 e. The van der Waals surface area contributed by atoms with E-state index in [4.69, 9.17) is 9.47 Å². The highest BCUT2D eigenvalue weighted by Gasteiger charge is 2.65. The molecule has 4 aromatic carbocycles. The number of nitrogens with zero attached hydrogens (tertiary/aromatic N) is 2. The SMILES string of the molecule is Cc1ccc(C)c(OCCCC(C)(C)C(=O)Oc2ccc3c(c2)C(=O)C(Nc2ccccc2)(C(F)(F)F)n2c-3nc3ccccc32)c1. The molecule has 0 spiro atoms. The zero-order chi connectivity index (χ0) is 33.6. The molecule has 5 aromatic rings. The van der Waals surface area contributed by atoms with Gasteiger partial charge in [-0.15, -0.1) is 0 Å². The lowest BCUT2D eigenvalue weighted by Crippen LogP contribution is -2.61. The molecular formula is C37H34F3N3O4. The molecule has 1 unspecified atom stereocenters. The van der Waals surface area contributed by atoms with Gasteiger partial charge in [-0.05, 0) is 100 Å². The fourth-order valence-electron chi connectivity index (χ4n) is 5.89. The summed E-state index contributed by atoms with van der Waals surface area (Å²) in [7, 11) is 0. The number of anilines is 1. The molecule has 0 bridgehead atoms. The number of carbonyl (C=O) groups is 2. The third-order valence-corrected chi connectivity index (χ3v) is 8.52. The number of esters is 1. The number of fused-ring (bicyclic) bond motifs is 5. The van der Waals surface area contributed by atoms with Gasteiger partial charge in [0.05, 0.1) is 23.1 Å². The molecule has 0 saturated heterocycles. The fraction of sp³-hybridized carbons (Fsp3) is 0.270. The van der Waals surface area contributed by atoms with Crippen molar-refractivity contribution >= 4 is 28.5 Å². The van der Waals surface area contributed by atoms with Crippen LogP contribution < -0.4 is 14.8 Å². The van der Waals surface area contributed by atoms with Crippen LogP contribution in [0.2, 0.25) is 0 Å². The Kier molecular flexibility index (Phi) is 8.07. The molecule has 2 heterocycles. The summed E-state index contributed by atoms with van der Waals surface area (Å²) in [5.41, 5.74) is -1.61. The summed E-state index contributed by atoms with van der Waals surface area (Å²) in [5.74, 6) is -1.12. The number of hydrogen-bond donors (Lipinski definition) is 1. The Bertz CT molecular complexity index is 1980. The highest BCUT2D eigenvalue weighted by molar-refractivity contribution is 6.12. The van der Waals surface area contributed by atoms with E-state index in [1.807, 2.05) is 32.0 Å². The highest BCUT2D eigenvalue weighted by atomic mass is 19.4. The summed E-state index contributed by atoms with van der Waals surface area (Å²) in [6.07, 6.45) is -4.11. The number of benzene rings is 4. The van der Waals surface area contributed by atoms with Crippen LogP contribution in [0, 0.1) is 19.3 Å². The van der Waals surface area contributed by atoms with Crippen LogP contribution in [0.5, 0.6) is 11.5 Å². The Labute approximate surface area is 270 Å². The second-order valence-corrected chi connectivity index (χ2v) is 12.5. The van der Waals surface area contributed by atoms with E-state index in [0.717, 1.165) is 21.4 Å². The minimum atomic E-state index is -5.11. The summed E-state index contributed by atoms with van der Waals surface area (Å²) in [6.45, 7) is 7.81. The highest BCUT2D eigenvalue weighted by Crippen LogP contribution is 2.49. The first-order valence-corrected chi connectivity index (χ1v) is 15.3. The van der Waals surface area contributed by atoms with Crippen molar-refractivity contribution in [3.05, 3.63) is 108 Å². The van der Waals surface area contributed by atoms with Crippen molar-refractivity contribution in [1.82, 2.24) is 9.55 Å². The van der Waals surface area contributed by atoms with Gasteiger partial charge in [-0.25, -0.2) is 4.98 Å². The van der Waals surface area contributed by atoms with Crippen LogP contribution in [0.3, 0.4) is 0 Å². The Morgan fingerprint density at radius 3 is 2.38 bits per heavy atom. The van der Waals surface area contributed by atoms with Gasteiger partial charge in [0.25, 0.3) is 5.66 Å². The number of rotatable bonds is 9. The third kappa shape index (κ3) is 5.73. The lowest BCUT2D eigenvalue weighted by molar-refractivity contribution is -0.186. The molecule has 0 fully saturated rings. The fourth-order valence-corrected chi connectivity index (χ4v) is 5.89. The average molecular weight is 642 g/mol. The second-order valence-electron chi connectivity index (χ2n) is 12.5. The molecular weight excluding hydrogens is 607 g/mol. The molecule has 47 heavy (non-hydrogen) atoms. The van der Waals surface area contributed by atoms with Crippen LogP contribution in [-0.2, 0) is 10.5 Å². The first-order chi connectivity index (χ1) is 22.3. The van der Waals surface area contributed by atoms with Crippen LogP contribution in [0.15, 0.2) is 91.0 Å². The lowest BCUT2D eigenvalue weighted by Gasteiger charge is -2.41. The average Bonchev–Trinajstić information content (AvgIpc) is 3.43. The van der Waals surface area contributed by atoms with Crippen molar-refractivity contribution in [3.8, 4) is 22.9 Å². The van der Waals surface area contributed by atoms with E-state index in [1.54, 1.807) is 50.2 Å². The maximum Gasteiger partial charge on any atom is 0.438 e. The summed E-state index contributed by atoms with van der Waals surface area (Å²) in [4.78, 5) is 32.1. The zero-order valence-electron chi connectivity index (χ0n) is 26.4. The Balaban J connectivity index is 1.31. The van der Waals surface area contributed by atoms with Crippen molar-refractivity contribution in [3.63, 3.8) is 0 Å². The number of alkyl halides is 3. The van der Waals surface area contributed by atoms with Crippen LogP contribution in [0.25, 0.3) is 22.4 Å². The maximum absolute atomic E-state index is 15.4. The number of para-hydroxylation sites is 3. The summed E-state index contributed by atoms with van der Waals surface area (Å²) >= 11 is 0. The predicted molar refractivity (Wildman–Crippen MR) is 174 cm³/mol. The topological polar surface area (TPSA) is 82.5 Å². The van der Waals surface area contributed by atoms with Gasteiger partial charge in [0.15, 0.2) is 0 Å². The molecule has 0 radical (unpaired) electrons. The molecule has 10 heteroatoms. The number of Topliss-reactive ketones (excluding diaryl/α,β-unsaturated/α-hetero) is 1. The van der Waals surface area contributed by atoms with Gasteiger partial charge in [0.1, 0.15) is 17.3 Å². The van der Waals surface area contributed by atoms with Crippen LogP contribution in [0.4, 0.5) is 18.9 Å². The number of halogens is 3. The molecule has 6 rings (SSSR count). The maximum atomic E-state index is 15.4. The molecule has 1 atom stereocenters. The minimum absolute atomic E-state index is 0.0383. The van der Waals surface area contributed by atoms with E-state index in [0.29, 0.717) is 25.0 Å². The second kappa shape index (κ2) is 11.9. The lowest BCUT2D eigenvalue weighted by atomic mass is 9.87. The number of aryl methyl sites for hydroxylation is 2. The van der Waals surface area contributed by atoms with E-state index in [9.17, 15) is 9.59 Å². The monoisotopic (exact) mass is 641 g/mol. The molecule has 0 saturated carbocycles. The number of imidazole rings is 1. The quantitative estimate of drug-likeness (QED) is 0.0986. The number of aromatic nitrogens is 2. The van der Waals surface area contributed by atoms with Crippen molar-refractivity contribution in [2.45, 2.75) is 52.4 Å². The molecule has 0 amide bonds. The molecule has 1 aliphatic heterocycles. The van der Waals surface area contributed by atoms with Gasteiger partial charge in [-0.2, -0.15) is 13.2 Å².